The highest BCUT2D eigenvalue weighted by atomic mass is 16.4. The molecule has 4 nitrogen and oxygen atoms in total. The standard InChI is InChI=1S/C20H23NO3/c1-4-20(5-2,19(23)24)21-13-12-17(14-18(21)22)11-10-16-8-6-15(3)7-9-16/h6-14H,4-5H2,1-3H3,(H,23,24)/b11-10+. The van der Waals surface area contributed by atoms with Gasteiger partial charge in [-0.05, 0) is 37.0 Å². The summed E-state index contributed by atoms with van der Waals surface area (Å²) in [6.07, 6.45) is 6.09. The summed E-state index contributed by atoms with van der Waals surface area (Å²) in [6, 6.07) is 11.3. The number of pyridine rings is 1. The minimum atomic E-state index is -1.18. The highest BCUT2D eigenvalue weighted by Gasteiger charge is 2.37. The second kappa shape index (κ2) is 7.30. The molecule has 0 spiro atoms. The van der Waals surface area contributed by atoms with E-state index < -0.39 is 11.5 Å². The molecule has 0 saturated carbocycles. The first-order valence-corrected chi connectivity index (χ1v) is 8.14. The second-order valence-corrected chi connectivity index (χ2v) is 5.96. The topological polar surface area (TPSA) is 59.3 Å². The van der Waals surface area contributed by atoms with E-state index in [0.717, 1.165) is 11.1 Å². The van der Waals surface area contributed by atoms with Gasteiger partial charge in [0.25, 0.3) is 5.56 Å². The molecule has 126 valence electrons. The Labute approximate surface area is 142 Å². The first-order valence-electron chi connectivity index (χ1n) is 8.14. The number of nitrogens with zero attached hydrogens (tertiary/aromatic N) is 1. The molecule has 1 heterocycles. The zero-order valence-electron chi connectivity index (χ0n) is 14.3. The molecule has 0 unspecified atom stereocenters. The summed E-state index contributed by atoms with van der Waals surface area (Å²) in [7, 11) is 0. The first kappa shape index (κ1) is 17.7. The molecule has 0 radical (unpaired) electrons. The van der Waals surface area contributed by atoms with Crippen LogP contribution in [0.25, 0.3) is 12.2 Å². The van der Waals surface area contributed by atoms with Crippen LogP contribution >= 0.6 is 0 Å². The number of carboxylic acid groups (broad SMARTS) is 1. The fourth-order valence-corrected chi connectivity index (χ4v) is 2.82. The van der Waals surface area contributed by atoms with Gasteiger partial charge in [0, 0.05) is 12.3 Å². The van der Waals surface area contributed by atoms with E-state index in [4.69, 9.17) is 0 Å². The van der Waals surface area contributed by atoms with Crippen LogP contribution in [0.2, 0.25) is 0 Å². The minimum absolute atomic E-state index is 0.299. The third-order valence-electron chi connectivity index (χ3n) is 4.52. The zero-order chi connectivity index (χ0) is 17.7. The van der Waals surface area contributed by atoms with Gasteiger partial charge >= 0.3 is 5.97 Å². The number of benzene rings is 1. The van der Waals surface area contributed by atoms with E-state index in [-0.39, 0.29) is 5.56 Å². The van der Waals surface area contributed by atoms with Crippen LogP contribution in [0, 0.1) is 6.92 Å². The van der Waals surface area contributed by atoms with Gasteiger partial charge in [0.15, 0.2) is 0 Å². The van der Waals surface area contributed by atoms with Crippen molar-refractivity contribution in [2.75, 3.05) is 0 Å². The van der Waals surface area contributed by atoms with E-state index in [9.17, 15) is 14.7 Å². The van der Waals surface area contributed by atoms with E-state index >= 15 is 0 Å². The maximum atomic E-state index is 12.4. The van der Waals surface area contributed by atoms with Gasteiger partial charge in [-0.3, -0.25) is 9.36 Å². The summed E-state index contributed by atoms with van der Waals surface area (Å²) < 4.78 is 1.33. The predicted octanol–water partition coefficient (Wildman–Crippen LogP) is 3.93. The van der Waals surface area contributed by atoms with Gasteiger partial charge in [0.2, 0.25) is 0 Å². The Hall–Kier alpha value is -2.62. The fourth-order valence-electron chi connectivity index (χ4n) is 2.82. The molecular formula is C20H23NO3. The number of carbonyl (C=O) groups is 1. The van der Waals surface area contributed by atoms with Crippen LogP contribution in [0.5, 0.6) is 0 Å². The lowest BCUT2D eigenvalue weighted by molar-refractivity contribution is -0.148. The molecule has 0 atom stereocenters. The van der Waals surface area contributed by atoms with E-state index in [0.29, 0.717) is 12.8 Å². The van der Waals surface area contributed by atoms with E-state index in [2.05, 4.69) is 0 Å². The van der Waals surface area contributed by atoms with Crippen molar-refractivity contribution in [1.82, 2.24) is 4.57 Å². The van der Waals surface area contributed by atoms with E-state index in [1.165, 1.54) is 16.2 Å². The molecule has 0 aliphatic rings. The fraction of sp³-hybridized carbons (Fsp3) is 0.300. The molecule has 1 aromatic carbocycles. The molecule has 4 heteroatoms. The molecule has 0 saturated heterocycles. The normalized spacial score (nSPS) is 11.8. The Morgan fingerprint density at radius 2 is 1.67 bits per heavy atom. The summed E-state index contributed by atoms with van der Waals surface area (Å²) in [5, 5.41) is 9.57. The van der Waals surface area contributed by atoms with Crippen LogP contribution in [-0.4, -0.2) is 15.6 Å². The molecule has 0 fully saturated rings. The Bertz CT molecular complexity index is 796. The monoisotopic (exact) mass is 325 g/mol. The number of aryl methyl sites for hydroxylation is 1. The Morgan fingerprint density at radius 1 is 1.08 bits per heavy atom. The summed E-state index contributed by atoms with van der Waals surface area (Å²) in [6.45, 7) is 5.61. The maximum absolute atomic E-state index is 12.4. The number of rotatable bonds is 6. The molecule has 24 heavy (non-hydrogen) atoms. The number of aromatic nitrogens is 1. The lowest BCUT2D eigenvalue weighted by Crippen LogP contribution is -2.46. The van der Waals surface area contributed by atoms with Gasteiger partial charge in [-0.2, -0.15) is 0 Å². The minimum Gasteiger partial charge on any atom is -0.479 e. The van der Waals surface area contributed by atoms with Crippen molar-refractivity contribution >= 4 is 18.1 Å². The average Bonchev–Trinajstić information content (AvgIpc) is 2.57. The zero-order valence-corrected chi connectivity index (χ0v) is 14.3. The first-order chi connectivity index (χ1) is 11.4. The van der Waals surface area contributed by atoms with E-state index in [1.807, 2.05) is 43.3 Å². The van der Waals surface area contributed by atoms with Crippen LogP contribution in [-0.2, 0) is 10.3 Å². The summed E-state index contributed by atoms with van der Waals surface area (Å²) in [4.78, 5) is 24.1. The van der Waals surface area contributed by atoms with Gasteiger partial charge in [-0.1, -0.05) is 55.8 Å². The second-order valence-electron chi connectivity index (χ2n) is 5.96. The smallest absolute Gasteiger partial charge is 0.329 e. The summed E-state index contributed by atoms with van der Waals surface area (Å²) in [5.74, 6) is -0.974. The molecule has 0 aliphatic heterocycles. The van der Waals surface area contributed by atoms with E-state index in [1.54, 1.807) is 26.1 Å². The third-order valence-corrected chi connectivity index (χ3v) is 4.52. The Kier molecular flexibility index (Phi) is 5.39. The predicted molar refractivity (Wildman–Crippen MR) is 97.0 cm³/mol. The number of carboxylic acids is 1. The van der Waals surface area contributed by atoms with Crippen LogP contribution in [0.15, 0.2) is 47.4 Å². The molecule has 2 rings (SSSR count). The SMILES string of the molecule is CCC(CC)(C(=O)O)n1ccc(/C=C/c2ccc(C)cc2)cc1=O. The molecule has 1 aromatic heterocycles. The molecule has 0 bridgehead atoms. The number of aliphatic carboxylic acids is 1. The Morgan fingerprint density at radius 3 is 2.17 bits per heavy atom. The van der Waals surface area contributed by atoms with Crippen LogP contribution in [0.3, 0.4) is 0 Å². The lowest BCUT2D eigenvalue weighted by Gasteiger charge is -2.29. The van der Waals surface area contributed by atoms with Crippen molar-refractivity contribution in [3.05, 3.63) is 69.6 Å². The van der Waals surface area contributed by atoms with Crippen molar-refractivity contribution in [3.8, 4) is 0 Å². The largest absolute Gasteiger partial charge is 0.479 e. The van der Waals surface area contributed by atoms with Crippen LogP contribution in [0.1, 0.15) is 43.4 Å². The molecule has 2 aromatic rings. The van der Waals surface area contributed by atoms with Crippen molar-refractivity contribution in [1.29, 1.82) is 0 Å². The Balaban J connectivity index is 2.34. The lowest BCUT2D eigenvalue weighted by atomic mass is 9.92. The molecule has 0 amide bonds. The summed E-state index contributed by atoms with van der Waals surface area (Å²) in [5.41, 5.74) is 1.51. The van der Waals surface area contributed by atoms with Gasteiger partial charge < -0.3 is 5.11 Å². The van der Waals surface area contributed by atoms with Crippen LogP contribution < -0.4 is 5.56 Å². The van der Waals surface area contributed by atoms with Gasteiger partial charge in [-0.15, -0.1) is 0 Å². The number of hydrogen-bond acceptors (Lipinski definition) is 2. The van der Waals surface area contributed by atoms with Crippen molar-refractivity contribution < 1.29 is 9.90 Å². The highest BCUT2D eigenvalue weighted by molar-refractivity contribution is 5.76. The summed E-state index contributed by atoms with van der Waals surface area (Å²) >= 11 is 0. The van der Waals surface area contributed by atoms with Crippen molar-refractivity contribution in [3.63, 3.8) is 0 Å². The van der Waals surface area contributed by atoms with Crippen LogP contribution in [0.4, 0.5) is 0 Å². The quantitative estimate of drug-likeness (QED) is 0.875. The average molecular weight is 325 g/mol. The maximum Gasteiger partial charge on any atom is 0.329 e. The third kappa shape index (κ3) is 3.48. The van der Waals surface area contributed by atoms with Crippen molar-refractivity contribution in [2.45, 2.75) is 39.2 Å². The van der Waals surface area contributed by atoms with Gasteiger partial charge in [0.1, 0.15) is 5.54 Å². The molecule has 0 aliphatic carbocycles. The molecule has 1 N–H and O–H groups in total. The number of hydrogen-bond donors (Lipinski definition) is 1. The van der Waals surface area contributed by atoms with Crippen molar-refractivity contribution in [2.24, 2.45) is 0 Å². The molecular weight excluding hydrogens is 302 g/mol. The van der Waals surface area contributed by atoms with Gasteiger partial charge in [0.05, 0.1) is 0 Å². The highest BCUT2D eigenvalue weighted by Crippen LogP contribution is 2.24. The van der Waals surface area contributed by atoms with Gasteiger partial charge in [-0.25, -0.2) is 4.79 Å².